The lowest BCUT2D eigenvalue weighted by atomic mass is 10.2. The number of carbonyl (C=O) groups excluding carboxylic acids is 2. The van der Waals surface area contributed by atoms with Crippen molar-refractivity contribution in [1.82, 2.24) is 4.31 Å². The minimum absolute atomic E-state index is 0.159. The van der Waals surface area contributed by atoms with Crippen molar-refractivity contribution in [2.24, 2.45) is 0 Å². The zero-order chi connectivity index (χ0) is 21.4. The van der Waals surface area contributed by atoms with Gasteiger partial charge in [0.05, 0.1) is 10.5 Å². The summed E-state index contributed by atoms with van der Waals surface area (Å²) in [6.45, 7) is 6.05. The molecule has 0 radical (unpaired) electrons. The monoisotopic (exact) mass is 418 g/mol. The van der Waals surface area contributed by atoms with E-state index in [1.807, 2.05) is 13.8 Å². The van der Waals surface area contributed by atoms with Gasteiger partial charge in [0.1, 0.15) is 5.75 Å². The first kappa shape index (κ1) is 22.6. The molecule has 0 aliphatic carbocycles. The van der Waals surface area contributed by atoms with Gasteiger partial charge >= 0.3 is 5.97 Å². The van der Waals surface area contributed by atoms with Crippen LogP contribution < -0.4 is 10.1 Å². The number of hydrogen-bond acceptors (Lipinski definition) is 5. The van der Waals surface area contributed by atoms with Gasteiger partial charge < -0.3 is 10.1 Å². The number of carbonyl (C=O) groups is 2. The average molecular weight is 419 g/mol. The highest BCUT2D eigenvalue weighted by molar-refractivity contribution is 7.89. The zero-order valence-corrected chi connectivity index (χ0v) is 17.7. The lowest BCUT2D eigenvalue weighted by Gasteiger charge is -2.21. The summed E-state index contributed by atoms with van der Waals surface area (Å²) >= 11 is 0. The smallest absolute Gasteiger partial charge is 0.308 e. The second-order valence-electron chi connectivity index (χ2n) is 6.47. The molecule has 0 saturated carbocycles. The number of nitrogens with zero attached hydrogens (tertiary/aromatic N) is 1. The number of rotatable bonds is 9. The lowest BCUT2D eigenvalue weighted by molar-refractivity contribution is -0.131. The van der Waals surface area contributed by atoms with Crippen LogP contribution in [0.25, 0.3) is 0 Å². The van der Waals surface area contributed by atoms with E-state index in [9.17, 15) is 18.0 Å². The first-order chi connectivity index (χ1) is 13.8. The molecule has 2 rings (SSSR count). The Balaban J connectivity index is 2.19. The van der Waals surface area contributed by atoms with Gasteiger partial charge in [-0.3, -0.25) is 9.59 Å². The van der Waals surface area contributed by atoms with E-state index in [2.05, 4.69) is 5.32 Å². The molecule has 2 aromatic carbocycles. The highest BCUT2D eigenvalue weighted by Gasteiger charge is 2.23. The van der Waals surface area contributed by atoms with E-state index in [0.717, 1.165) is 12.8 Å². The highest BCUT2D eigenvalue weighted by atomic mass is 32.2. The Morgan fingerprint density at radius 3 is 2.10 bits per heavy atom. The number of nitrogens with one attached hydrogen (secondary N) is 1. The van der Waals surface area contributed by atoms with Crippen LogP contribution in [0.4, 0.5) is 5.69 Å². The Hall–Kier alpha value is -2.71. The van der Waals surface area contributed by atoms with Gasteiger partial charge in [0.15, 0.2) is 0 Å². The van der Waals surface area contributed by atoms with Crippen LogP contribution >= 0.6 is 0 Å². The summed E-state index contributed by atoms with van der Waals surface area (Å²) in [7, 11) is -3.58. The first-order valence-electron chi connectivity index (χ1n) is 9.48. The van der Waals surface area contributed by atoms with Crippen LogP contribution in [0.3, 0.4) is 0 Å². The number of esters is 1. The molecule has 2 aromatic rings. The molecule has 0 fully saturated rings. The van der Waals surface area contributed by atoms with Gasteiger partial charge in [0.2, 0.25) is 10.0 Å². The third-order valence-electron chi connectivity index (χ3n) is 4.08. The van der Waals surface area contributed by atoms with Crippen LogP contribution in [-0.4, -0.2) is 37.7 Å². The van der Waals surface area contributed by atoms with Crippen molar-refractivity contribution in [3.63, 3.8) is 0 Å². The van der Waals surface area contributed by atoms with E-state index in [4.69, 9.17) is 4.74 Å². The molecule has 0 aliphatic rings. The van der Waals surface area contributed by atoms with E-state index in [-0.39, 0.29) is 16.2 Å². The van der Waals surface area contributed by atoms with Gasteiger partial charge in [-0.25, -0.2) is 8.42 Å². The van der Waals surface area contributed by atoms with Gasteiger partial charge in [-0.15, -0.1) is 0 Å². The zero-order valence-electron chi connectivity index (χ0n) is 16.8. The fourth-order valence-corrected chi connectivity index (χ4v) is 4.43. The molecule has 0 spiro atoms. The van der Waals surface area contributed by atoms with Crippen molar-refractivity contribution in [3.8, 4) is 5.75 Å². The van der Waals surface area contributed by atoms with E-state index in [1.54, 1.807) is 18.2 Å². The average Bonchev–Trinajstić information content (AvgIpc) is 2.68. The predicted octanol–water partition coefficient (Wildman–Crippen LogP) is 3.67. The van der Waals surface area contributed by atoms with Crippen LogP contribution in [0, 0.1) is 0 Å². The summed E-state index contributed by atoms with van der Waals surface area (Å²) in [5, 5.41) is 2.69. The van der Waals surface area contributed by atoms with Gasteiger partial charge in [-0.05, 0) is 49.2 Å². The molecule has 1 amide bonds. The Labute approximate surface area is 171 Å². The van der Waals surface area contributed by atoms with Crippen molar-refractivity contribution < 1.29 is 22.7 Å². The molecule has 0 saturated heterocycles. The number of hydrogen-bond donors (Lipinski definition) is 1. The molecule has 0 aromatic heterocycles. The number of para-hydroxylation sites is 1. The number of ether oxygens (including phenoxy) is 1. The number of sulfonamides is 1. The summed E-state index contributed by atoms with van der Waals surface area (Å²) < 4.78 is 32.1. The molecule has 0 bridgehead atoms. The van der Waals surface area contributed by atoms with Crippen LogP contribution in [0.15, 0.2) is 53.4 Å². The quantitative estimate of drug-likeness (QED) is 0.495. The third-order valence-corrected chi connectivity index (χ3v) is 5.99. The molecule has 8 heteroatoms. The Bertz CT molecular complexity index is 949. The topological polar surface area (TPSA) is 92.8 Å². The van der Waals surface area contributed by atoms with Crippen molar-refractivity contribution in [1.29, 1.82) is 0 Å². The maximum atomic E-state index is 12.8. The van der Waals surface area contributed by atoms with Gasteiger partial charge in [0, 0.05) is 25.7 Å². The lowest BCUT2D eigenvalue weighted by Crippen LogP contribution is -2.32. The second-order valence-corrected chi connectivity index (χ2v) is 8.41. The molecule has 156 valence electrons. The van der Waals surface area contributed by atoms with Crippen LogP contribution in [0.1, 0.15) is 44.0 Å². The summed E-state index contributed by atoms with van der Waals surface area (Å²) in [6, 6.07) is 12.4. The van der Waals surface area contributed by atoms with Crippen molar-refractivity contribution >= 4 is 27.6 Å². The Kier molecular flexibility index (Phi) is 7.92. The molecule has 29 heavy (non-hydrogen) atoms. The number of amides is 1. The van der Waals surface area contributed by atoms with Crippen molar-refractivity contribution in [2.45, 2.75) is 38.5 Å². The first-order valence-corrected chi connectivity index (χ1v) is 10.9. The fourth-order valence-electron chi connectivity index (χ4n) is 2.81. The summed E-state index contributed by atoms with van der Waals surface area (Å²) in [5.41, 5.74) is 0.639. The van der Waals surface area contributed by atoms with Crippen molar-refractivity contribution in [2.75, 3.05) is 18.4 Å². The van der Waals surface area contributed by atoms with Gasteiger partial charge in [-0.2, -0.15) is 4.31 Å². The minimum Gasteiger partial charge on any atom is -0.426 e. The van der Waals surface area contributed by atoms with Gasteiger partial charge in [0.25, 0.3) is 5.91 Å². The van der Waals surface area contributed by atoms with Crippen molar-refractivity contribution in [3.05, 3.63) is 54.1 Å². The van der Waals surface area contributed by atoms with E-state index < -0.39 is 21.9 Å². The summed E-state index contributed by atoms with van der Waals surface area (Å²) in [4.78, 5) is 23.9. The van der Waals surface area contributed by atoms with Crippen LogP contribution in [0.2, 0.25) is 0 Å². The SMILES string of the molecule is CCCN(CCC)S(=O)(=O)c1ccc(NC(=O)c2ccccc2OC(C)=O)cc1. The predicted molar refractivity (Wildman–Crippen MR) is 111 cm³/mol. The Morgan fingerprint density at radius 1 is 0.966 bits per heavy atom. The fraction of sp³-hybridized carbons (Fsp3) is 0.333. The molecular weight excluding hydrogens is 392 g/mol. The Morgan fingerprint density at radius 2 is 1.55 bits per heavy atom. The largest absolute Gasteiger partial charge is 0.426 e. The van der Waals surface area contributed by atoms with E-state index >= 15 is 0 Å². The molecule has 0 unspecified atom stereocenters. The van der Waals surface area contributed by atoms with Crippen LogP contribution in [0.5, 0.6) is 5.75 Å². The van der Waals surface area contributed by atoms with Crippen LogP contribution in [-0.2, 0) is 14.8 Å². The third kappa shape index (κ3) is 5.88. The van der Waals surface area contributed by atoms with E-state index in [0.29, 0.717) is 18.8 Å². The number of anilines is 1. The summed E-state index contributed by atoms with van der Waals surface area (Å²) in [5.74, 6) is -0.828. The van der Waals surface area contributed by atoms with Gasteiger partial charge in [-0.1, -0.05) is 26.0 Å². The molecule has 0 aliphatic heterocycles. The van der Waals surface area contributed by atoms with E-state index in [1.165, 1.54) is 41.6 Å². The molecule has 1 N–H and O–H groups in total. The molecule has 0 atom stereocenters. The number of benzene rings is 2. The normalized spacial score (nSPS) is 11.3. The highest BCUT2D eigenvalue weighted by Crippen LogP contribution is 2.22. The molecular formula is C21H26N2O5S. The molecule has 0 heterocycles. The maximum Gasteiger partial charge on any atom is 0.308 e. The second kappa shape index (κ2) is 10.2. The standard InChI is InChI=1S/C21H26N2O5S/c1-4-14-23(15-5-2)29(26,27)18-12-10-17(11-13-18)22-21(25)19-8-6-7-9-20(19)28-16(3)24/h6-13H,4-5,14-15H2,1-3H3,(H,22,25). The minimum atomic E-state index is -3.58. The summed E-state index contributed by atoms with van der Waals surface area (Å²) in [6.07, 6.45) is 1.46. The maximum absolute atomic E-state index is 12.8. The molecule has 7 nitrogen and oxygen atoms in total.